The van der Waals surface area contributed by atoms with Crippen molar-refractivity contribution >= 4 is 21.7 Å². The maximum absolute atomic E-state index is 12.7. The minimum absolute atomic E-state index is 0.104. The lowest BCUT2D eigenvalue weighted by Crippen LogP contribution is -2.51. The number of carbonyl (C=O) groups is 1. The molecule has 2 amide bonds. The van der Waals surface area contributed by atoms with Crippen molar-refractivity contribution in [1.29, 1.82) is 0 Å². The predicted molar refractivity (Wildman–Crippen MR) is 102 cm³/mol. The predicted octanol–water partition coefficient (Wildman–Crippen LogP) is 1.65. The highest BCUT2D eigenvalue weighted by molar-refractivity contribution is 7.89. The molecule has 1 fully saturated rings. The zero-order valence-electron chi connectivity index (χ0n) is 15.2. The molecule has 0 atom stereocenters. The summed E-state index contributed by atoms with van der Waals surface area (Å²) in [5.74, 6) is -1.80. The van der Waals surface area contributed by atoms with Crippen LogP contribution in [-0.4, -0.2) is 65.2 Å². The van der Waals surface area contributed by atoms with Crippen molar-refractivity contribution in [3.63, 3.8) is 0 Å². The Morgan fingerprint density at radius 2 is 1.50 bits per heavy atom. The van der Waals surface area contributed by atoms with Gasteiger partial charge in [0.2, 0.25) is 10.0 Å². The van der Waals surface area contributed by atoms with Gasteiger partial charge in [-0.25, -0.2) is 13.2 Å². The number of nitrogens with zero attached hydrogens (tertiary/aromatic N) is 2. The van der Waals surface area contributed by atoms with Crippen LogP contribution in [-0.2, 0) is 10.0 Å². The first-order chi connectivity index (χ1) is 13.2. The van der Waals surface area contributed by atoms with Gasteiger partial charge in [0.05, 0.1) is 10.6 Å². The summed E-state index contributed by atoms with van der Waals surface area (Å²) in [4.78, 5) is 14.0. The van der Waals surface area contributed by atoms with Crippen LogP contribution in [0, 0.1) is 6.92 Å². The van der Waals surface area contributed by atoms with E-state index in [0.717, 1.165) is 17.7 Å². The molecule has 2 aromatic carbocycles. The number of aryl methyl sites for hydroxylation is 1. The molecular weight excluding hydrogens is 386 g/mol. The van der Waals surface area contributed by atoms with E-state index < -0.39 is 33.3 Å². The number of phenols is 3. The normalized spacial score (nSPS) is 15.4. The average Bonchev–Trinajstić information content (AvgIpc) is 2.66. The standard InChI is InChI=1S/C18H21N3O6S/c1-12-2-4-14(5-3-12)28(26,27)21-8-6-20(7-9-21)18(25)19-13-10-15(22)17(24)16(23)11-13/h2-5,10-11,22-24H,6-9H2,1H3,(H,19,25). The fraction of sp³-hybridized carbons (Fsp3) is 0.278. The second-order valence-electron chi connectivity index (χ2n) is 6.50. The number of hydrogen-bond donors (Lipinski definition) is 4. The van der Waals surface area contributed by atoms with Gasteiger partial charge >= 0.3 is 6.03 Å². The molecule has 9 nitrogen and oxygen atoms in total. The van der Waals surface area contributed by atoms with Gasteiger partial charge in [0.1, 0.15) is 0 Å². The molecule has 0 spiro atoms. The summed E-state index contributed by atoms with van der Waals surface area (Å²) in [5.41, 5.74) is 1.07. The van der Waals surface area contributed by atoms with E-state index in [1.807, 2.05) is 6.92 Å². The number of hydrogen-bond acceptors (Lipinski definition) is 6. The molecule has 0 bridgehead atoms. The van der Waals surface area contributed by atoms with Crippen LogP contribution in [0.25, 0.3) is 0 Å². The molecule has 1 heterocycles. The van der Waals surface area contributed by atoms with Gasteiger partial charge in [-0.3, -0.25) is 0 Å². The zero-order valence-corrected chi connectivity index (χ0v) is 16.0. The lowest BCUT2D eigenvalue weighted by Gasteiger charge is -2.34. The number of amides is 2. The number of benzene rings is 2. The third kappa shape index (κ3) is 3.97. The van der Waals surface area contributed by atoms with Gasteiger partial charge in [-0.2, -0.15) is 4.31 Å². The summed E-state index contributed by atoms with van der Waals surface area (Å²) in [7, 11) is -3.62. The van der Waals surface area contributed by atoms with E-state index in [0.29, 0.717) is 0 Å². The molecule has 0 radical (unpaired) electrons. The first-order valence-electron chi connectivity index (χ1n) is 8.56. The van der Waals surface area contributed by atoms with Gasteiger partial charge in [-0.1, -0.05) is 17.7 Å². The van der Waals surface area contributed by atoms with Crippen LogP contribution < -0.4 is 5.32 Å². The van der Waals surface area contributed by atoms with E-state index in [1.165, 1.54) is 9.21 Å². The van der Waals surface area contributed by atoms with Crippen LogP contribution in [0.3, 0.4) is 0 Å². The Morgan fingerprint density at radius 1 is 0.964 bits per heavy atom. The Kier molecular flexibility index (Phi) is 5.34. The van der Waals surface area contributed by atoms with Crippen LogP contribution in [0.5, 0.6) is 17.2 Å². The van der Waals surface area contributed by atoms with Crippen molar-refractivity contribution in [3.05, 3.63) is 42.0 Å². The summed E-state index contributed by atoms with van der Waals surface area (Å²) < 4.78 is 26.7. The van der Waals surface area contributed by atoms with E-state index in [4.69, 9.17) is 0 Å². The van der Waals surface area contributed by atoms with Crippen LogP contribution >= 0.6 is 0 Å². The van der Waals surface area contributed by atoms with E-state index >= 15 is 0 Å². The second kappa shape index (κ2) is 7.56. The Morgan fingerprint density at radius 3 is 2.04 bits per heavy atom. The fourth-order valence-electron chi connectivity index (χ4n) is 2.87. The van der Waals surface area contributed by atoms with Gasteiger partial charge < -0.3 is 25.5 Å². The van der Waals surface area contributed by atoms with E-state index in [1.54, 1.807) is 24.3 Å². The largest absolute Gasteiger partial charge is 0.504 e. The van der Waals surface area contributed by atoms with Gasteiger partial charge in [-0.05, 0) is 19.1 Å². The molecule has 150 valence electrons. The first kappa shape index (κ1) is 19.8. The molecule has 0 aromatic heterocycles. The lowest BCUT2D eigenvalue weighted by atomic mass is 10.2. The van der Waals surface area contributed by atoms with Crippen LogP contribution in [0.15, 0.2) is 41.3 Å². The van der Waals surface area contributed by atoms with E-state index in [-0.39, 0.29) is 36.8 Å². The highest BCUT2D eigenvalue weighted by Gasteiger charge is 2.30. The van der Waals surface area contributed by atoms with Gasteiger partial charge in [-0.15, -0.1) is 0 Å². The third-order valence-corrected chi connectivity index (χ3v) is 6.42. The van der Waals surface area contributed by atoms with E-state index in [2.05, 4.69) is 5.32 Å². The molecule has 2 aromatic rings. The quantitative estimate of drug-likeness (QED) is 0.452. The minimum Gasteiger partial charge on any atom is -0.504 e. The van der Waals surface area contributed by atoms with Gasteiger partial charge in [0.15, 0.2) is 17.2 Å². The molecular formula is C18H21N3O6S. The average molecular weight is 407 g/mol. The Balaban J connectivity index is 1.63. The van der Waals surface area contributed by atoms with Crippen molar-refractivity contribution in [2.45, 2.75) is 11.8 Å². The topological polar surface area (TPSA) is 130 Å². The third-order valence-electron chi connectivity index (χ3n) is 4.51. The second-order valence-corrected chi connectivity index (χ2v) is 8.44. The summed E-state index contributed by atoms with van der Waals surface area (Å²) in [6.07, 6.45) is 0. The molecule has 3 rings (SSSR count). The highest BCUT2D eigenvalue weighted by Crippen LogP contribution is 2.37. The van der Waals surface area contributed by atoms with Gasteiger partial charge in [0.25, 0.3) is 0 Å². The number of aromatic hydroxyl groups is 3. The summed E-state index contributed by atoms with van der Waals surface area (Å²) in [5, 5.41) is 30.9. The zero-order chi connectivity index (χ0) is 20.5. The number of rotatable bonds is 3. The van der Waals surface area contributed by atoms with Gasteiger partial charge in [0, 0.05) is 38.3 Å². The number of carbonyl (C=O) groups excluding carboxylic acids is 1. The van der Waals surface area contributed by atoms with Crippen molar-refractivity contribution in [1.82, 2.24) is 9.21 Å². The molecule has 10 heteroatoms. The molecule has 1 aliphatic rings. The highest BCUT2D eigenvalue weighted by atomic mass is 32.2. The Hall–Kier alpha value is -2.98. The molecule has 1 aliphatic heterocycles. The number of piperazine rings is 1. The molecule has 0 aliphatic carbocycles. The first-order valence-corrected chi connectivity index (χ1v) is 10.00. The minimum atomic E-state index is -3.62. The molecule has 1 saturated heterocycles. The number of sulfonamides is 1. The van der Waals surface area contributed by atoms with Crippen LogP contribution in [0.2, 0.25) is 0 Å². The van der Waals surface area contributed by atoms with Crippen molar-refractivity contribution in [2.24, 2.45) is 0 Å². The molecule has 4 N–H and O–H groups in total. The van der Waals surface area contributed by atoms with Crippen molar-refractivity contribution in [2.75, 3.05) is 31.5 Å². The summed E-state index contributed by atoms with van der Waals surface area (Å²) >= 11 is 0. The molecule has 0 unspecified atom stereocenters. The Bertz CT molecular complexity index is 960. The summed E-state index contributed by atoms with van der Waals surface area (Å²) in [6.45, 7) is 2.55. The SMILES string of the molecule is Cc1ccc(S(=O)(=O)N2CCN(C(=O)Nc3cc(O)c(O)c(O)c3)CC2)cc1. The maximum atomic E-state index is 12.7. The lowest BCUT2D eigenvalue weighted by molar-refractivity contribution is 0.184. The Labute approximate surface area is 162 Å². The van der Waals surface area contributed by atoms with Crippen LogP contribution in [0.4, 0.5) is 10.5 Å². The van der Waals surface area contributed by atoms with Crippen molar-refractivity contribution in [3.8, 4) is 17.2 Å². The number of phenolic OH excluding ortho intramolecular Hbond substituents is 3. The summed E-state index contributed by atoms with van der Waals surface area (Å²) in [6, 6.07) is 8.30. The number of urea groups is 1. The van der Waals surface area contributed by atoms with E-state index in [9.17, 15) is 28.5 Å². The molecule has 0 saturated carbocycles. The van der Waals surface area contributed by atoms with Crippen LogP contribution in [0.1, 0.15) is 5.56 Å². The van der Waals surface area contributed by atoms with Crippen molar-refractivity contribution < 1.29 is 28.5 Å². The monoisotopic (exact) mass is 407 g/mol. The smallest absolute Gasteiger partial charge is 0.321 e. The number of nitrogens with one attached hydrogen (secondary N) is 1. The maximum Gasteiger partial charge on any atom is 0.321 e. The fourth-order valence-corrected chi connectivity index (χ4v) is 4.29. The number of anilines is 1. The molecule has 28 heavy (non-hydrogen) atoms.